The molecule has 4 atom stereocenters. The first-order chi connectivity index (χ1) is 26.6. The van der Waals surface area contributed by atoms with Crippen LogP contribution in [0.2, 0.25) is 0 Å². The molecule has 284 valence electrons. The Morgan fingerprint density at radius 1 is 0.764 bits per heavy atom. The number of carboxylic acid groups (broad SMARTS) is 1. The molecular formula is C42H39F2N3O7S. The molecule has 4 N–H and O–H groups in total. The van der Waals surface area contributed by atoms with Crippen LogP contribution in [0, 0.1) is 11.6 Å². The van der Waals surface area contributed by atoms with Crippen LogP contribution in [0.3, 0.4) is 0 Å². The maximum atomic E-state index is 13.6. The largest absolute Gasteiger partial charge is 0.484 e. The zero-order valence-corrected chi connectivity index (χ0v) is 30.3. The molecular weight excluding hydrogens is 729 g/mol. The Bertz CT molecular complexity index is 1980. The van der Waals surface area contributed by atoms with E-state index in [-0.39, 0.29) is 18.1 Å². The molecule has 1 heterocycles. The van der Waals surface area contributed by atoms with Crippen LogP contribution in [0.15, 0.2) is 140 Å². The number of amides is 3. The second-order valence-electron chi connectivity index (χ2n) is 12.4. The number of carboxylic acids is 1. The molecule has 55 heavy (non-hydrogen) atoms. The number of hydrogen-bond acceptors (Lipinski definition) is 7. The van der Waals surface area contributed by atoms with Crippen molar-refractivity contribution in [2.24, 2.45) is 0 Å². The summed E-state index contributed by atoms with van der Waals surface area (Å²) in [4.78, 5) is 51.1. The van der Waals surface area contributed by atoms with Crippen molar-refractivity contribution in [3.8, 4) is 5.75 Å². The number of aliphatic carboxylic acids is 1. The van der Waals surface area contributed by atoms with E-state index in [9.17, 15) is 38.2 Å². The van der Waals surface area contributed by atoms with E-state index in [1.807, 2.05) is 36.4 Å². The smallest absolute Gasteiger partial charge is 0.326 e. The standard InChI is InChI=1S/C36H33F2N3O7S.C6H6/c37-25-10-6-23(7-11-25)30(42)21-49-34-33(41(35(34)45)27-14-12-26(38)13-15-27)24-8-16-28(17-9-24)48-20-32(44)39-19-31(43)40-29(36(46)47)18-22-4-2-1-3-5-22;1-2-4-6-5-3-1/h1-17,29-30,33-34,42H,18-21H2,(H,39,44)(H,40,43)(H,46,47);1-6H/t29-,30?,33-,34-;/m1./s1. The van der Waals surface area contributed by atoms with E-state index in [1.165, 1.54) is 60.3 Å². The number of nitrogens with zero attached hydrogens (tertiary/aromatic N) is 1. The SMILES string of the molecule is O=C(COc1ccc([C@@H]2[C@@H](SCC(O)c3ccc(F)cc3)C(=O)N2c2ccc(F)cc2)cc1)NCC(=O)N[C@H](Cc1ccccc1)C(=O)O.c1ccccc1. The van der Waals surface area contributed by atoms with Crippen molar-refractivity contribution in [2.75, 3.05) is 23.8 Å². The molecule has 0 spiro atoms. The van der Waals surface area contributed by atoms with Crippen molar-refractivity contribution in [2.45, 2.75) is 29.9 Å². The molecule has 0 aromatic heterocycles. The van der Waals surface area contributed by atoms with E-state index in [4.69, 9.17) is 4.74 Å². The van der Waals surface area contributed by atoms with Gasteiger partial charge in [-0.25, -0.2) is 13.6 Å². The van der Waals surface area contributed by atoms with Gasteiger partial charge in [0.25, 0.3) is 5.91 Å². The molecule has 0 radical (unpaired) electrons. The third-order valence-electron chi connectivity index (χ3n) is 8.46. The van der Waals surface area contributed by atoms with E-state index in [2.05, 4.69) is 10.6 Å². The molecule has 1 fully saturated rings. The maximum Gasteiger partial charge on any atom is 0.326 e. The molecule has 6 rings (SSSR count). The summed E-state index contributed by atoms with van der Waals surface area (Å²) >= 11 is 1.26. The lowest BCUT2D eigenvalue weighted by Crippen LogP contribution is -2.57. The number of thioether (sulfide) groups is 1. The van der Waals surface area contributed by atoms with Crippen LogP contribution in [-0.4, -0.2) is 64.1 Å². The average molecular weight is 768 g/mol. The van der Waals surface area contributed by atoms with Gasteiger partial charge in [-0.05, 0) is 65.2 Å². The number of carbonyl (C=O) groups is 4. The maximum absolute atomic E-state index is 13.6. The zero-order chi connectivity index (χ0) is 39.2. The number of rotatable bonds is 15. The molecule has 13 heteroatoms. The Kier molecular flexibility index (Phi) is 14.5. The fourth-order valence-electron chi connectivity index (χ4n) is 5.63. The fraction of sp³-hybridized carbons (Fsp3) is 0.190. The van der Waals surface area contributed by atoms with E-state index >= 15 is 0 Å². The number of anilines is 1. The number of benzene rings is 5. The van der Waals surface area contributed by atoms with E-state index < -0.39 is 66.0 Å². The summed E-state index contributed by atoms with van der Waals surface area (Å²) in [6.45, 7) is -0.855. The van der Waals surface area contributed by atoms with Gasteiger partial charge in [-0.2, -0.15) is 0 Å². The summed E-state index contributed by atoms with van der Waals surface area (Å²) in [5.41, 5.74) is 2.49. The van der Waals surface area contributed by atoms with Gasteiger partial charge in [-0.15, -0.1) is 11.8 Å². The highest BCUT2D eigenvalue weighted by atomic mass is 32.2. The van der Waals surface area contributed by atoms with E-state index in [0.29, 0.717) is 17.0 Å². The summed E-state index contributed by atoms with van der Waals surface area (Å²) < 4.78 is 32.5. The predicted molar refractivity (Wildman–Crippen MR) is 205 cm³/mol. The molecule has 1 aliphatic rings. The Hall–Kier alpha value is -6.05. The zero-order valence-electron chi connectivity index (χ0n) is 29.5. The first-order valence-corrected chi connectivity index (χ1v) is 18.3. The van der Waals surface area contributed by atoms with Crippen LogP contribution in [0.1, 0.15) is 28.8 Å². The van der Waals surface area contributed by atoms with E-state index in [1.54, 1.807) is 59.5 Å². The fourth-order valence-corrected chi connectivity index (χ4v) is 6.93. The van der Waals surface area contributed by atoms with Crippen molar-refractivity contribution in [1.29, 1.82) is 0 Å². The van der Waals surface area contributed by atoms with Crippen molar-refractivity contribution in [1.82, 2.24) is 10.6 Å². The van der Waals surface area contributed by atoms with Crippen LogP contribution in [-0.2, 0) is 25.6 Å². The minimum absolute atomic E-state index is 0.0863. The topological polar surface area (TPSA) is 145 Å². The summed E-state index contributed by atoms with van der Waals surface area (Å²) in [7, 11) is 0. The Morgan fingerprint density at radius 2 is 1.33 bits per heavy atom. The van der Waals surface area contributed by atoms with Gasteiger partial charge < -0.3 is 30.5 Å². The molecule has 5 aromatic rings. The minimum atomic E-state index is -1.20. The molecule has 3 amide bonds. The highest BCUT2D eigenvalue weighted by Crippen LogP contribution is 2.46. The van der Waals surface area contributed by atoms with Gasteiger partial charge in [0.05, 0.1) is 18.7 Å². The number of aliphatic hydroxyl groups excluding tert-OH is 1. The number of β-lactam (4-membered cyclic amide) rings is 1. The van der Waals surface area contributed by atoms with Crippen LogP contribution in [0.4, 0.5) is 14.5 Å². The summed E-state index contributed by atoms with van der Waals surface area (Å²) in [6, 6.07) is 37.0. The summed E-state index contributed by atoms with van der Waals surface area (Å²) in [6.07, 6.45) is -0.844. The quantitative estimate of drug-likeness (QED) is 0.0968. The Labute approximate surface area is 321 Å². The number of hydrogen-bond donors (Lipinski definition) is 4. The van der Waals surface area contributed by atoms with Crippen LogP contribution in [0.5, 0.6) is 5.75 Å². The molecule has 0 bridgehead atoms. The Balaban J connectivity index is 0.000000881. The Morgan fingerprint density at radius 3 is 1.91 bits per heavy atom. The molecule has 5 aromatic carbocycles. The van der Waals surface area contributed by atoms with Crippen molar-refractivity contribution < 1.29 is 42.9 Å². The van der Waals surface area contributed by atoms with Gasteiger partial charge >= 0.3 is 5.97 Å². The highest BCUT2D eigenvalue weighted by Gasteiger charge is 2.49. The van der Waals surface area contributed by atoms with Crippen molar-refractivity contribution in [3.63, 3.8) is 0 Å². The van der Waals surface area contributed by atoms with Gasteiger partial charge in [0.1, 0.15) is 28.7 Å². The summed E-state index contributed by atoms with van der Waals surface area (Å²) in [5.74, 6) is -3.04. The second-order valence-corrected chi connectivity index (χ2v) is 13.6. The number of halogens is 2. The monoisotopic (exact) mass is 767 g/mol. The van der Waals surface area contributed by atoms with Gasteiger partial charge in [-0.1, -0.05) is 91.0 Å². The number of nitrogens with one attached hydrogen (secondary N) is 2. The summed E-state index contributed by atoms with van der Waals surface area (Å²) in [5, 5.41) is 24.4. The van der Waals surface area contributed by atoms with E-state index in [0.717, 1.165) is 11.1 Å². The molecule has 1 unspecified atom stereocenters. The lowest BCUT2D eigenvalue weighted by molar-refractivity contribution is -0.141. The third kappa shape index (κ3) is 11.7. The van der Waals surface area contributed by atoms with Crippen molar-refractivity contribution in [3.05, 3.63) is 168 Å². The lowest BCUT2D eigenvalue weighted by Gasteiger charge is -2.47. The molecule has 0 aliphatic carbocycles. The van der Waals surface area contributed by atoms with Crippen LogP contribution < -0.4 is 20.3 Å². The van der Waals surface area contributed by atoms with Crippen LogP contribution in [0.25, 0.3) is 0 Å². The van der Waals surface area contributed by atoms with Gasteiger partial charge in [0.2, 0.25) is 11.8 Å². The molecule has 10 nitrogen and oxygen atoms in total. The molecule has 1 saturated heterocycles. The third-order valence-corrected chi connectivity index (χ3v) is 9.79. The van der Waals surface area contributed by atoms with Gasteiger partial charge in [0.15, 0.2) is 6.61 Å². The second kappa shape index (κ2) is 19.9. The first kappa shape index (κ1) is 40.1. The normalized spacial score (nSPS) is 15.7. The van der Waals surface area contributed by atoms with Gasteiger partial charge in [-0.3, -0.25) is 14.4 Å². The van der Waals surface area contributed by atoms with Crippen LogP contribution >= 0.6 is 11.8 Å². The average Bonchev–Trinajstić information content (AvgIpc) is 3.20. The number of ether oxygens (including phenoxy) is 1. The minimum Gasteiger partial charge on any atom is -0.484 e. The first-order valence-electron chi connectivity index (χ1n) is 17.3. The molecule has 1 aliphatic heterocycles. The predicted octanol–water partition coefficient (Wildman–Crippen LogP) is 5.88. The molecule has 0 saturated carbocycles. The number of carbonyl (C=O) groups excluding carboxylic acids is 3. The lowest BCUT2D eigenvalue weighted by atomic mass is 9.92. The highest BCUT2D eigenvalue weighted by molar-refractivity contribution is 8.00. The van der Waals surface area contributed by atoms with Crippen molar-refractivity contribution >= 4 is 41.1 Å². The number of aliphatic hydroxyl groups is 1. The van der Waals surface area contributed by atoms with Gasteiger partial charge in [0, 0.05) is 17.9 Å².